The van der Waals surface area contributed by atoms with E-state index in [9.17, 15) is 5.11 Å². The van der Waals surface area contributed by atoms with E-state index in [1.807, 2.05) is 24.1 Å². The zero-order chi connectivity index (χ0) is 12.4. The number of halogens is 2. The van der Waals surface area contributed by atoms with E-state index in [2.05, 4.69) is 20.9 Å². The molecule has 0 atom stereocenters. The lowest BCUT2D eigenvalue weighted by Gasteiger charge is -2.16. The van der Waals surface area contributed by atoms with Crippen LogP contribution in [0.15, 0.2) is 27.7 Å². The lowest BCUT2D eigenvalue weighted by molar-refractivity contribution is 0.471. The number of rotatable bonds is 3. The summed E-state index contributed by atoms with van der Waals surface area (Å²) in [6.45, 7) is 0.530. The van der Waals surface area contributed by atoms with Crippen molar-refractivity contribution in [3.05, 3.63) is 28.2 Å². The van der Waals surface area contributed by atoms with Crippen LogP contribution in [0.5, 0.6) is 5.75 Å². The van der Waals surface area contributed by atoms with Crippen molar-refractivity contribution in [1.29, 1.82) is 0 Å². The molecule has 0 amide bonds. The monoisotopic (exact) mass is 425 g/mol. The number of aliphatic imine (C=N–C) groups is 1. The van der Waals surface area contributed by atoms with Crippen LogP contribution in [0.3, 0.4) is 0 Å². The highest BCUT2D eigenvalue weighted by atomic mass is 127. The minimum Gasteiger partial charge on any atom is -0.507 e. The molecule has 0 aromatic heterocycles. The third kappa shape index (κ3) is 4.01. The van der Waals surface area contributed by atoms with Crippen LogP contribution >= 0.6 is 39.9 Å². The van der Waals surface area contributed by atoms with E-state index in [4.69, 9.17) is 5.73 Å². The fourth-order valence-corrected chi connectivity index (χ4v) is 2.01. The highest BCUT2D eigenvalue weighted by Crippen LogP contribution is 2.26. The second kappa shape index (κ2) is 6.60. The summed E-state index contributed by atoms with van der Waals surface area (Å²) < 4.78 is 0.680. The van der Waals surface area contributed by atoms with Crippen molar-refractivity contribution in [2.45, 2.75) is 25.4 Å². The second-order valence-corrected chi connectivity index (χ2v) is 5.16. The number of benzene rings is 1. The molecule has 0 radical (unpaired) electrons. The number of guanidine groups is 1. The van der Waals surface area contributed by atoms with Gasteiger partial charge in [-0.25, -0.2) is 4.99 Å². The number of phenolic OH excluding ortho intramolecular Hbond substituents is 1. The lowest BCUT2D eigenvalue weighted by Crippen LogP contribution is -2.35. The number of hydrogen-bond donors (Lipinski definition) is 2. The molecule has 0 unspecified atom stereocenters. The summed E-state index contributed by atoms with van der Waals surface area (Å²) in [5.74, 6) is 0.817. The Morgan fingerprint density at radius 3 is 2.78 bits per heavy atom. The molecule has 0 heterocycles. The molecule has 1 aromatic rings. The van der Waals surface area contributed by atoms with Crippen molar-refractivity contribution < 1.29 is 5.11 Å². The van der Waals surface area contributed by atoms with Crippen LogP contribution in [0.25, 0.3) is 0 Å². The van der Waals surface area contributed by atoms with Crippen LogP contribution in [0.4, 0.5) is 0 Å². The molecular weight excluding hydrogens is 409 g/mol. The third-order valence-corrected chi connectivity index (χ3v) is 3.53. The summed E-state index contributed by atoms with van der Waals surface area (Å²) in [5.41, 5.74) is 6.90. The summed E-state index contributed by atoms with van der Waals surface area (Å²) in [5, 5.41) is 9.37. The van der Waals surface area contributed by atoms with Gasteiger partial charge in [-0.2, -0.15) is 0 Å². The fraction of sp³-hybridized carbons (Fsp3) is 0.417. The molecule has 0 aliphatic heterocycles. The largest absolute Gasteiger partial charge is 0.507 e. The minimum absolute atomic E-state index is 0. The molecule has 0 bridgehead atoms. The molecule has 4 nitrogen and oxygen atoms in total. The molecule has 1 aliphatic carbocycles. The summed E-state index contributed by atoms with van der Waals surface area (Å²) in [7, 11) is 1.98. The quantitative estimate of drug-likeness (QED) is 0.444. The van der Waals surface area contributed by atoms with Gasteiger partial charge in [-0.1, -0.05) is 6.07 Å². The molecule has 100 valence electrons. The molecule has 1 aromatic carbocycles. The van der Waals surface area contributed by atoms with Crippen LogP contribution in [0.2, 0.25) is 0 Å². The second-order valence-electron chi connectivity index (χ2n) is 4.30. The molecular formula is C12H17BrIN3O. The molecule has 1 fully saturated rings. The highest BCUT2D eigenvalue weighted by Gasteiger charge is 2.27. The zero-order valence-corrected chi connectivity index (χ0v) is 14.1. The molecule has 1 saturated carbocycles. The normalized spacial score (nSPS) is 15.1. The maximum Gasteiger partial charge on any atom is 0.191 e. The first kappa shape index (κ1) is 15.6. The van der Waals surface area contributed by atoms with Gasteiger partial charge in [0.25, 0.3) is 0 Å². The standard InChI is InChI=1S/C12H16BrN3O.HI/c1-16(9-3-4-9)12(14)15-7-8-2-5-11(17)10(13)6-8;/h2,5-6,9,17H,3-4,7H2,1H3,(H2,14,15);1H. The number of hydrogen-bond acceptors (Lipinski definition) is 2. The Balaban J connectivity index is 0.00000162. The van der Waals surface area contributed by atoms with E-state index in [1.54, 1.807) is 6.07 Å². The SMILES string of the molecule is CN(C(N)=NCc1ccc(O)c(Br)c1)C1CC1.I. The average Bonchev–Trinajstić information content (AvgIpc) is 3.13. The van der Waals surface area contributed by atoms with Gasteiger partial charge < -0.3 is 15.7 Å². The van der Waals surface area contributed by atoms with Gasteiger partial charge in [0.1, 0.15) is 5.75 Å². The third-order valence-electron chi connectivity index (χ3n) is 2.89. The van der Waals surface area contributed by atoms with E-state index < -0.39 is 0 Å². The molecule has 2 rings (SSSR count). The van der Waals surface area contributed by atoms with E-state index in [0.717, 1.165) is 5.56 Å². The predicted octanol–water partition coefficient (Wildman–Crippen LogP) is 2.68. The van der Waals surface area contributed by atoms with Gasteiger partial charge in [-0.05, 0) is 46.5 Å². The average molecular weight is 426 g/mol. The summed E-state index contributed by atoms with van der Waals surface area (Å²) in [4.78, 5) is 6.37. The fourth-order valence-electron chi connectivity index (χ4n) is 1.58. The van der Waals surface area contributed by atoms with Gasteiger partial charge in [-0.3, -0.25) is 0 Å². The van der Waals surface area contributed by atoms with Gasteiger partial charge in [0.05, 0.1) is 11.0 Å². The minimum atomic E-state index is 0. The van der Waals surface area contributed by atoms with Gasteiger partial charge in [0, 0.05) is 13.1 Å². The first-order valence-corrected chi connectivity index (χ1v) is 6.37. The molecule has 3 N–H and O–H groups in total. The smallest absolute Gasteiger partial charge is 0.191 e. The Labute approximate surface area is 132 Å². The zero-order valence-electron chi connectivity index (χ0n) is 10.1. The van der Waals surface area contributed by atoms with Crippen molar-refractivity contribution in [2.24, 2.45) is 10.7 Å². The first-order valence-electron chi connectivity index (χ1n) is 5.58. The van der Waals surface area contributed by atoms with Crippen LogP contribution in [0.1, 0.15) is 18.4 Å². The summed E-state index contributed by atoms with van der Waals surface area (Å²) in [6.07, 6.45) is 2.41. The number of aromatic hydroxyl groups is 1. The molecule has 18 heavy (non-hydrogen) atoms. The Bertz CT molecular complexity index is 449. The first-order chi connectivity index (χ1) is 8.08. The maximum atomic E-state index is 9.37. The Morgan fingerprint density at radius 1 is 1.56 bits per heavy atom. The van der Waals surface area contributed by atoms with Gasteiger partial charge in [0.15, 0.2) is 5.96 Å². The number of nitrogens with zero attached hydrogens (tertiary/aromatic N) is 2. The van der Waals surface area contributed by atoms with Crippen molar-refractivity contribution in [3.8, 4) is 5.75 Å². The van der Waals surface area contributed by atoms with Crippen LogP contribution in [0, 0.1) is 0 Å². The van der Waals surface area contributed by atoms with E-state index in [-0.39, 0.29) is 29.7 Å². The van der Waals surface area contributed by atoms with Gasteiger partial charge >= 0.3 is 0 Å². The van der Waals surface area contributed by atoms with Crippen LogP contribution in [-0.2, 0) is 6.54 Å². The van der Waals surface area contributed by atoms with Crippen molar-refractivity contribution in [1.82, 2.24) is 4.90 Å². The van der Waals surface area contributed by atoms with Gasteiger partial charge in [0.2, 0.25) is 0 Å². The topological polar surface area (TPSA) is 61.8 Å². The van der Waals surface area contributed by atoms with Crippen molar-refractivity contribution in [3.63, 3.8) is 0 Å². The maximum absolute atomic E-state index is 9.37. The van der Waals surface area contributed by atoms with E-state index >= 15 is 0 Å². The number of nitrogens with two attached hydrogens (primary N) is 1. The molecule has 0 spiro atoms. The molecule has 0 saturated heterocycles. The predicted molar refractivity (Wildman–Crippen MR) is 87.3 cm³/mol. The Morgan fingerprint density at radius 2 is 2.22 bits per heavy atom. The van der Waals surface area contributed by atoms with E-state index in [1.165, 1.54) is 12.8 Å². The summed E-state index contributed by atoms with van der Waals surface area (Å²) in [6, 6.07) is 5.91. The van der Waals surface area contributed by atoms with Gasteiger partial charge in [-0.15, -0.1) is 24.0 Å². The summed E-state index contributed by atoms with van der Waals surface area (Å²) >= 11 is 3.28. The molecule has 6 heteroatoms. The van der Waals surface area contributed by atoms with Crippen LogP contribution < -0.4 is 5.73 Å². The Hall–Kier alpha value is -0.500. The van der Waals surface area contributed by atoms with E-state index in [0.29, 0.717) is 23.0 Å². The van der Waals surface area contributed by atoms with Crippen LogP contribution in [-0.4, -0.2) is 29.1 Å². The number of phenols is 1. The highest BCUT2D eigenvalue weighted by molar-refractivity contribution is 14.0. The van der Waals surface area contributed by atoms with Crippen molar-refractivity contribution in [2.75, 3.05) is 7.05 Å². The Kier molecular flexibility index (Phi) is 5.71. The molecule has 1 aliphatic rings. The van der Waals surface area contributed by atoms with Crippen molar-refractivity contribution >= 4 is 45.9 Å². The lowest BCUT2D eigenvalue weighted by atomic mass is 10.2.